The van der Waals surface area contributed by atoms with Crippen molar-refractivity contribution in [2.24, 2.45) is 0 Å². The lowest BCUT2D eigenvalue weighted by atomic mass is 10.2. The highest BCUT2D eigenvalue weighted by molar-refractivity contribution is 5.69. The van der Waals surface area contributed by atoms with Crippen molar-refractivity contribution in [1.29, 1.82) is 0 Å². The molecule has 0 unspecified atom stereocenters. The summed E-state index contributed by atoms with van der Waals surface area (Å²) in [6.45, 7) is 6.68. The van der Waals surface area contributed by atoms with Crippen molar-refractivity contribution in [3.05, 3.63) is 36.2 Å². The molecule has 0 bridgehead atoms. The number of morpholine rings is 1. The summed E-state index contributed by atoms with van der Waals surface area (Å²) in [6.07, 6.45) is -0.407. The van der Waals surface area contributed by atoms with Crippen molar-refractivity contribution < 1.29 is 18.8 Å². The van der Waals surface area contributed by atoms with Gasteiger partial charge in [0, 0.05) is 12.1 Å². The van der Waals surface area contributed by atoms with Gasteiger partial charge < -0.3 is 14.0 Å². The van der Waals surface area contributed by atoms with Gasteiger partial charge in [-0.1, -0.05) is 35.5 Å². The van der Waals surface area contributed by atoms with E-state index in [9.17, 15) is 4.79 Å². The largest absolute Gasteiger partial charge is 0.444 e. The molecule has 1 saturated heterocycles. The van der Waals surface area contributed by atoms with Gasteiger partial charge in [0.2, 0.25) is 5.82 Å². The Hall–Kier alpha value is -2.41. The second-order valence-electron chi connectivity index (χ2n) is 6.59. The maximum absolute atomic E-state index is 12.4. The number of benzene rings is 1. The molecular weight excluding hydrogens is 310 g/mol. The van der Waals surface area contributed by atoms with Crippen molar-refractivity contribution in [1.82, 2.24) is 15.0 Å². The molecule has 0 N–H and O–H groups in total. The SMILES string of the molecule is CC(C)(C)OC(=O)N1CCOC[C@@H]1c1nc(-c2ccccc2)no1. The molecule has 0 spiro atoms. The van der Waals surface area contributed by atoms with Crippen molar-refractivity contribution >= 4 is 6.09 Å². The Morgan fingerprint density at radius 1 is 1.29 bits per heavy atom. The first-order valence-electron chi connectivity index (χ1n) is 7.90. The molecule has 1 aliphatic heterocycles. The van der Waals surface area contributed by atoms with E-state index in [4.69, 9.17) is 14.0 Å². The van der Waals surface area contributed by atoms with Crippen molar-refractivity contribution in [3.63, 3.8) is 0 Å². The Balaban J connectivity index is 1.81. The Kier molecular flexibility index (Phi) is 4.53. The van der Waals surface area contributed by atoms with Gasteiger partial charge in [-0.15, -0.1) is 0 Å². The first kappa shape index (κ1) is 16.4. The Morgan fingerprint density at radius 3 is 2.75 bits per heavy atom. The summed E-state index contributed by atoms with van der Waals surface area (Å²) in [7, 11) is 0. The van der Waals surface area contributed by atoms with Crippen LogP contribution in [-0.2, 0) is 9.47 Å². The highest BCUT2D eigenvalue weighted by atomic mass is 16.6. The van der Waals surface area contributed by atoms with Gasteiger partial charge in [0.1, 0.15) is 11.6 Å². The van der Waals surface area contributed by atoms with E-state index in [-0.39, 0.29) is 0 Å². The summed E-state index contributed by atoms with van der Waals surface area (Å²) >= 11 is 0. The van der Waals surface area contributed by atoms with E-state index in [2.05, 4.69) is 10.1 Å². The molecule has 24 heavy (non-hydrogen) atoms. The maximum atomic E-state index is 12.4. The molecule has 1 atom stereocenters. The normalized spacial score (nSPS) is 18.5. The summed E-state index contributed by atoms with van der Waals surface area (Å²) in [5.74, 6) is 0.833. The summed E-state index contributed by atoms with van der Waals surface area (Å²) < 4.78 is 16.3. The van der Waals surface area contributed by atoms with Gasteiger partial charge in [-0.05, 0) is 20.8 Å². The Bertz CT molecular complexity index is 693. The van der Waals surface area contributed by atoms with Gasteiger partial charge in [-0.3, -0.25) is 4.90 Å². The summed E-state index contributed by atoms with van der Waals surface area (Å²) in [5, 5.41) is 4.01. The second-order valence-corrected chi connectivity index (χ2v) is 6.59. The first-order valence-corrected chi connectivity index (χ1v) is 7.90. The number of ether oxygens (including phenoxy) is 2. The smallest absolute Gasteiger partial charge is 0.411 e. The number of carbonyl (C=O) groups excluding carboxylic acids is 1. The molecule has 128 valence electrons. The molecule has 7 heteroatoms. The third kappa shape index (κ3) is 3.73. The van der Waals surface area contributed by atoms with Gasteiger partial charge in [0.25, 0.3) is 5.89 Å². The summed E-state index contributed by atoms with van der Waals surface area (Å²) in [4.78, 5) is 18.4. The standard InChI is InChI=1S/C17H21N3O4/c1-17(2,3)23-16(21)20-9-10-22-11-13(20)15-18-14(19-24-15)12-7-5-4-6-8-12/h4-8,13H,9-11H2,1-3H3/t13-/m1/s1. The monoisotopic (exact) mass is 331 g/mol. The van der Waals surface area contributed by atoms with Crippen LogP contribution in [-0.4, -0.2) is 46.5 Å². The molecule has 1 aromatic carbocycles. The molecule has 1 aromatic heterocycles. The van der Waals surface area contributed by atoms with Crippen molar-refractivity contribution in [3.8, 4) is 11.4 Å². The minimum absolute atomic E-state index is 0.301. The summed E-state index contributed by atoms with van der Waals surface area (Å²) in [5.41, 5.74) is 0.289. The third-order valence-electron chi connectivity index (χ3n) is 3.52. The fourth-order valence-corrected chi connectivity index (χ4v) is 2.42. The van der Waals surface area contributed by atoms with Gasteiger partial charge in [0.05, 0.1) is 13.2 Å². The zero-order valence-electron chi connectivity index (χ0n) is 14.1. The molecule has 0 radical (unpaired) electrons. The lowest BCUT2D eigenvalue weighted by Gasteiger charge is -2.34. The van der Waals surface area contributed by atoms with Crippen LogP contribution < -0.4 is 0 Å². The van der Waals surface area contributed by atoms with E-state index in [1.165, 1.54) is 0 Å². The zero-order valence-corrected chi connectivity index (χ0v) is 14.1. The van der Waals surface area contributed by atoms with E-state index < -0.39 is 17.7 Å². The molecule has 7 nitrogen and oxygen atoms in total. The predicted octanol–water partition coefficient (Wildman–Crippen LogP) is 3.05. The average molecular weight is 331 g/mol. The van der Waals surface area contributed by atoms with Gasteiger partial charge >= 0.3 is 6.09 Å². The van der Waals surface area contributed by atoms with Crippen LogP contribution in [0.4, 0.5) is 4.79 Å². The van der Waals surface area contributed by atoms with E-state index in [1.807, 2.05) is 51.1 Å². The predicted molar refractivity (Wildman–Crippen MR) is 86.2 cm³/mol. The highest BCUT2D eigenvalue weighted by Crippen LogP contribution is 2.27. The quantitative estimate of drug-likeness (QED) is 0.842. The molecule has 2 heterocycles. The first-order chi connectivity index (χ1) is 11.4. The van der Waals surface area contributed by atoms with Crippen LogP contribution in [0.15, 0.2) is 34.9 Å². The molecule has 1 fully saturated rings. The molecule has 0 saturated carbocycles. The minimum atomic E-state index is -0.565. The van der Waals surface area contributed by atoms with E-state index in [1.54, 1.807) is 4.90 Å². The van der Waals surface area contributed by atoms with Crippen LogP contribution in [0.3, 0.4) is 0 Å². The van der Waals surface area contributed by atoms with Crippen LogP contribution in [0, 0.1) is 0 Å². The van der Waals surface area contributed by atoms with E-state index >= 15 is 0 Å². The van der Waals surface area contributed by atoms with Crippen molar-refractivity contribution in [2.45, 2.75) is 32.4 Å². The number of hydrogen-bond donors (Lipinski definition) is 0. The number of hydrogen-bond acceptors (Lipinski definition) is 6. The highest BCUT2D eigenvalue weighted by Gasteiger charge is 2.35. The zero-order chi connectivity index (χ0) is 17.2. The lowest BCUT2D eigenvalue weighted by Crippen LogP contribution is -2.45. The average Bonchev–Trinajstić information content (AvgIpc) is 3.04. The number of carbonyl (C=O) groups is 1. The third-order valence-corrected chi connectivity index (χ3v) is 3.52. The molecule has 2 aromatic rings. The van der Waals surface area contributed by atoms with E-state index in [0.29, 0.717) is 31.5 Å². The van der Waals surface area contributed by atoms with Crippen LogP contribution in [0.2, 0.25) is 0 Å². The fourth-order valence-electron chi connectivity index (χ4n) is 2.42. The van der Waals surface area contributed by atoms with E-state index in [0.717, 1.165) is 5.56 Å². The van der Waals surface area contributed by atoms with Gasteiger partial charge in [-0.2, -0.15) is 4.98 Å². The van der Waals surface area contributed by atoms with Crippen LogP contribution in [0.5, 0.6) is 0 Å². The minimum Gasteiger partial charge on any atom is -0.444 e. The fraction of sp³-hybridized carbons (Fsp3) is 0.471. The Morgan fingerprint density at radius 2 is 2.04 bits per heavy atom. The molecule has 1 amide bonds. The van der Waals surface area contributed by atoms with Crippen LogP contribution >= 0.6 is 0 Å². The Labute approximate surface area is 140 Å². The summed E-state index contributed by atoms with van der Waals surface area (Å²) in [6, 6.07) is 9.09. The van der Waals surface area contributed by atoms with Gasteiger partial charge in [0.15, 0.2) is 0 Å². The van der Waals surface area contributed by atoms with Crippen LogP contribution in [0.1, 0.15) is 32.7 Å². The number of rotatable bonds is 2. The maximum Gasteiger partial charge on any atom is 0.411 e. The van der Waals surface area contributed by atoms with Crippen molar-refractivity contribution in [2.75, 3.05) is 19.8 Å². The van der Waals surface area contributed by atoms with Gasteiger partial charge in [-0.25, -0.2) is 4.79 Å². The number of amides is 1. The number of aromatic nitrogens is 2. The van der Waals surface area contributed by atoms with Crippen LogP contribution in [0.25, 0.3) is 11.4 Å². The molecular formula is C17H21N3O4. The number of nitrogens with zero attached hydrogens (tertiary/aromatic N) is 3. The topological polar surface area (TPSA) is 77.7 Å². The second kappa shape index (κ2) is 6.60. The lowest BCUT2D eigenvalue weighted by molar-refractivity contribution is -0.0401. The molecule has 1 aliphatic rings. The molecule has 0 aliphatic carbocycles. The molecule has 3 rings (SSSR count).